The number of aromatic nitrogens is 2. The Kier molecular flexibility index (Phi) is 4.03. The molecule has 1 aromatic carbocycles. The smallest absolute Gasteiger partial charge is 0.161 e. The number of nitrogens with one attached hydrogen (secondary N) is 1. The van der Waals surface area contributed by atoms with Crippen LogP contribution in [0.5, 0.6) is 11.5 Å². The van der Waals surface area contributed by atoms with E-state index in [2.05, 4.69) is 10.4 Å². The molecule has 112 valence electrons. The molecule has 5 nitrogen and oxygen atoms in total. The Hall–Kier alpha value is -1.72. The molecule has 0 spiro atoms. The Morgan fingerprint density at radius 2 is 2.10 bits per heavy atom. The first-order chi connectivity index (χ1) is 10.2. The maximum Gasteiger partial charge on any atom is 0.161 e. The van der Waals surface area contributed by atoms with Crippen LogP contribution in [0.4, 0.5) is 0 Å². The third kappa shape index (κ3) is 2.59. The number of rotatable bonds is 4. The van der Waals surface area contributed by atoms with Crippen molar-refractivity contribution in [2.24, 2.45) is 0 Å². The van der Waals surface area contributed by atoms with Gasteiger partial charge in [-0.1, -0.05) is 17.7 Å². The van der Waals surface area contributed by atoms with Gasteiger partial charge in [-0.3, -0.25) is 4.68 Å². The van der Waals surface area contributed by atoms with Gasteiger partial charge in [0, 0.05) is 6.54 Å². The average Bonchev–Trinajstić information content (AvgIpc) is 2.89. The SMILES string of the molecule is CCn1ncc(Cl)c1C(NC)c1ccc2c(c1)OCCO2. The predicted molar refractivity (Wildman–Crippen MR) is 81.2 cm³/mol. The van der Waals surface area contributed by atoms with E-state index in [1.54, 1.807) is 6.20 Å². The summed E-state index contributed by atoms with van der Waals surface area (Å²) in [5, 5.41) is 8.26. The van der Waals surface area contributed by atoms with Crippen LogP contribution in [0.2, 0.25) is 5.02 Å². The monoisotopic (exact) mass is 307 g/mol. The Labute approximate surface area is 128 Å². The number of halogens is 1. The van der Waals surface area contributed by atoms with Crippen LogP contribution in [0.15, 0.2) is 24.4 Å². The van der Waals surface area contributed by atoms with E-state index in [0.717, 1.165) is 29.3 Å². The van der Waals surface area contributed by atoms with E-state index in [4.69, 9.17) is 21.1 Å². The fourth-order valence-corrected chi connectivity index (χ4v) is 2.86. The standard InChI is InChI=1S/C15H18ClN3O2/c1-3-19-15(11(16)9-18-19)14(17-2)10-4-5-12-13(8-10)21-7-6-20-12/h4-5,8-9,14,17H,3,6-7H2,1-2H3. The molecule has 3 rings (SSSR count). The summed E-state index contributed by atoms with van der Waals surface area (Å²) in [5.74, 6) is 1.56. The molecule has 2 aromatic rings. The van der Waals surface area contributed by atoms with Crippen LogP contribution < -0.4 is 14.8 Å². The second-order valence-electron chi connectivity index (χ2n) is 4.82. The first-order valence-corrected chi connectivity index (χ1v) is 7.40. The summed E-state index contributed by atoms with van der Waals surface area (Å²) < 4.78 is 13.1. The summed E-state index contributed by atoms with van der Waals surface area (Å²) in [5.41, 5.74) is 2.03. The van der Waals surface area contributed by atoms with Gasteiger partial charge in [-0.15, -0.1) is 0 Å². The molecule has 0 saturated heterocycles. The maximum atomic E-state index is 6.31. The van der Waals surface area contributed by atoms with Gasteiger partial charge in [0.25, 0.3) is 0 Å². The lowest BCUT2D eigenvalue weighted by Gasteiger charge is -2.22. The summed E-state index contributed by atoms with van der Waals surface area (Å²) in [7, 11) is 1.91. The van der Waals surface area contributed by atoms with Crippen molar-refractivity contribution in [2.45, 2.75) is 19.5 Å². The number of aryl methyl sites for hydroxylation is 1. The van der Waals surface area contributed by atoms with Crippen molar-refractivity contribution in [1.29, 1.82) is 0 Å². The van der Waals surface area contributed by atoms with Crippen LogP contribution in [-0.4, -0.2) is 30.0 Å². The zero-order valence-electron chi connectivity index (χ0n) is 12.1. The fraction of sp³-hybridized carbons (Fsp3) is 0.400. The van der Waals surface area contributed by atoms with E-state index in [1.165, 1.54) is 0 Å². The third-order valence-corrected chi connectivity index (χ3v) is 3.89. The van der Waals surface area contributed by atoms with E-state index in [9.17, 15) is 0 Å². The van der Waals surface area contributed by atoms with Crippen molar-refractivity contribution in [3.8, 4) is 11.5 Å². The summed E-state index contributed by atoms with van der Waals surface area (Å²) in [4.78, 5) is 0. The lowest BCUT2D eigenvalue weighted by molar-refractivity contribution is 0.171. The molecule has 0 amide bonds. The Bertz CT molecular complexity index is 642. The minimum atomic E-state index is -0.0456. The molecular weight excluding hydrogens is 290 g/mol. The highest BCUT2D eigenvalue weighted by Crippen LogP contribution is 2.35. The van der Waals surface area contributed by atoms with Crippen LogP contribution in [-0.2, 0) is 6.54 Å². The van der Waals surface area contributed by atoms with E-state index >= 15 is 0 Å². The molecule has 1 aromatic heterocycles. The van der Waals surface area contributed by atoms with Gasteiger partial charge in [-0.25, -0.2) is 0 Å². The number of benzene rings is 1. The van der Waals surface area contributed by atoms with Gasteiger partial charge < -0.3 is 14.8 Å². The Morgan fingerprint density at radius 3 is 2.81 bits per heavy atom. The Balaban J connectivity index is 2.02. The topological polar surface area (TPSA) is 48.3 Å². The number of fused-ring (bicyclic) bond motifs is 1. The van der Waals surface area contributed by atoms with Crippen LogP contribution in [0.1, 0.15) is 24.2 Å². The molecule has 0 radical (unpaired) electrons. The van der Waals surface area contributed by atoms with Crippen molar-refractivity contribution >= 4 is 11.6 Å². The number of hydrogen-bond acceptors (Lipinski definition) is 4. The van der Waals surface area contributed by atoms with Gasteiger partial charge in [-0.05, 0) is 31.7 Å². The molecule has 6 heteroatoms. The Morgan fingerprint density at radius 1 is 1.33 bits per heavy atom. The fourth-order valence-electron chi connectivity index (χ4n) is 2.61. The zero-order chi connectivity index (χ0) is 14.8. The van der Waals surface area contributed by atoms with E-state index in [-0.39, 0.29) is 6.04 Å². The number of nitrogens with zero attached hydrogens (tertiary/aromatic N) is 2. The van der Waals surface area contributed by atoms with E-state index in [1.807, 2.05) is 36.9 Å². The van der Waals surface area contributed by atoms with Crippen molar-refractivity contribution in [1.82, 2.24) is 15.1 Å². The average molecular weight is 308 g/mol. The molecule has 1 aliphatic rings. The van der Waals surface area contributed by atoms with Gasteiger partial charge in [0.2, 0.25) is 0 Å². The second kappa shape index (κ2) is 5.95. The third-order valence-electron chi connectivity index (χ3n) is 3.59. The highest BCUT2D eigenvalue weighted by atomic mass is 35.5. The molecule has 1 aliphatic heterocycles. The van der Waals surface area contributed by atoms with Crippen molar-refractivity contribution in [3.05, 3.63) is 40.7 Å². The molecule has 0 fully saturated rings. The largest absolute Gasteiger partial charge is 0.486 e. The van der Waals surface area contributed by atoms with Crippen LogP contribution in [0.3, 0.4) is 0 Å². The van der Waals surface area contributed by atoms with Crippen molar-refractivity contribution in [3.63, 3.8) is 0 Å². The van der Waals surface area contributed by atoms with Crippen LogP contribution in [0.25, 0.3) is 0 Å². The second-order valence-corrected chi connectivity index (χ2v) is 5.23. The highest BCUT2D eigenvalue weighted by molar-refractivity contribution is 6.31. The van der Waals surface area contributed by atoms with Crippen LogP contribution >= 0.6 is 11.6 Å². The van der Waals surface area contributed by atoms with Gasteiger partial charge in [0.05, 0.1) is 23.0 Å². The summed E-state index contributed by atoms with van der Waals surface area (Å²) in [6, 6.07) is 5.92. The quantitative estimate of drug-likeness (QED) is 0.943. The van der Waals surface area contributed by atoms with Gasteiger partial charge in [0.1, 0.15) is 13.2 Å². The lowest BCUT2D eigenvalue weighted by atomic mass is 10.0. The van der Waals surface area contributed by atoms with E-state index in [0.29, 0.717) is 18.2 Å². The highest BCUT2D eigenvalue weighted by Gasteiger charge is 2.22. The number of ether oxygens (including phenoxy) is 2. The molecule has 0 saturated carbocycles. The first kappa shape index (κ1) is 14.2. The summed E-state index contributed by atoms with van der Waals surface area (Å²) in [6.45, 7) is 3.98. The summed E-state index contributed by atoms with van der Waals surface area (Å²) >= 11 is 6.31. The predicted octanol–water partition coefficient (Wildman–Crippen LogP) is 2.64. The van der Waals surface area contributed by atoms with Crippen molar-refractivity contribution in [2.75, 3.05) is 20.3 Å². The molecule has 1 N–H and O–H groups in total. The van der Waals surface area contributed by atoms with E-state index < -0.39 is 0 Å². The normalized spacial score (nSPS) is 15.0. The van der Waals surface area contributed by atoms with Crippen LogP contribution in [0, 0.1) is 0 Å². The number of hydrogen-bond donors (Lipinski definition) is 1. The maximum absolute atomic E-state index is 6.31. The van der Waals surface area contributed by atoms with Gasteiger partial charge >= 0.3 is 0 Å². The zero-order valence-corrected chi connectivity index (χ0v) is 12.9. The molecular formula is C15H18ClN3O2. The summed E-state index contributed by atoms with van der Waals surface area (Å²) in [6.07, 6.45) is 1.68. The molecule has 0 bridgehead atoms. The van der Waals surface area contributed by atoms with Gasteiger partial charge in [0.15, 0.2) is 11.5 Å². The van der Waals surface area contributed by atoms with Gasteiger partial charge in [-0.2, -0.15) is 5.10 Å². The molecule has 2 heterocycles. The molecule has 1 atom stereocenters. The molecule has 21 heavy (non-hydrogen) atoms. The minimum absolute atomic E-state index is 0.0456. The first-order valence-electron chi connectivity index (χ1n) is 7.02. The lowest BCUT2D eigenvalue weighted by Crippen LogP contribution is -2.22. The minimum Gasteiger partial charge on any atom is -0.486 e. The molecule has 0 aliphatic carbocycles. The molecule has 1 unspecified atom stereocenters. The van der Waals surface area contributed by atoms with Crippen molar-refractivity contribution < 1.29 is 9.47 Å².